The van der Waals surface area contributed by atoms with Crippen LogP contribution < -0.4 is 0 Å². The molecule has 1 aromatic heterocycles. The second-order valence-corrected chi connectivity index (χ2v) is 4.84. The molecule has 0 spiro atoms. The van der Waals surface area contributed by atoms with Crippen LogP contribution in [0.4, 0.5) is 0 Å². The maximum Gasteiger partial charge on any atom is 0.328 e. The number of amides is 1. The van der Waals surface area contributed by atoms with E-state index in [1.165, 1.54) is 4.90 Å². The van der Waals surface area contributed by atoms with Crippen LogP contribution in [0.3, 0.4) is 0 Å². The lowest BCUT2D eigenvalue weighted by Crippen LogP contribution is -2.52. The van der Waals surface area contributed by atoms with E-state index in [1.807, 2.05) is 0 Å². The number of carbonyl (C=O) groups excluding carboxylic acids is 1. The Bertz CT molecular complexity index is 711. The number of hydrogen-bond donors (Lipinski definition) is 1. The molecule has 8 heteroatoms. The lowest BCUT2D eigenvalue weighted by molar-refractivity contribution is -0.147. The highest BCUT2D eigenvalue weighted by atomic mass is 16.5. The summed E-state index contributed by atoms with van der Waals surface area (Å²) in [4.78, 5) is 25.1. The third-order valence-electron chi connectivity index (χ3n) is 3.53. The maximum absolute atomic E-state index is 12.5. The SMILES string of the molecule is Cn1nnc2cc(C(=O)N3CCOC[C@H]3C(=O)O)ccc21. The number of carboxylic acids is 1. The summed E-state index contributed by atoms with van der Waals surface area (Å²) in [6, 6.07) is 4.07. The highest BCUT2D eigenvalue weighted by Crippen LogP contribution is 2.17. The Kier molecular flexibility index (Phi) is 3.30. The van der Waals surface area contributed by atoms with Gasteiger partial charge < -0.3 is 14.7 Å². The van der Waals surface area contributed by atoms with Crippen molar-refractivity contribution in [3.63, 3.8) is 0 Å². The van der Waals surface area contributed by atoms with E-state index in [-0.39, 0.29) is 19.1 Å². The molecule has 8 nitrogen and oxygen atoms in total. The number of aromatic nitrogens is 3. The molecule has 0 bridgehead atoms. The monoisotopic (exact) mass is 290 g/mol. The van der Waals surface area contributed by atoms with E-state index in [1.54, 1.807) is 29.9 Å². The molecule has 1 atom stereocenters. The van der Waals surface area contributed by atoms with Gasteiger partial charge in [-0.1, -0.05) is 5.21 Å². The van der Waals surface area contributed by atoms with Crippen molar-refractivity contribution in [3.8, 4) is 0 Å². The molecule has 1 fully saturated rings. The molecule has 3 rings (SSSR count). The second-order valence-electron chi connectivity index (χ2n) is 4.84. The number of aryl methyl sites for hydroxylation is 1. The van der Waals surface area contributed by atoms with Crippen molar-refractivity contribution in [1.82, 2.24) is 19.9 Å². The third-order valence-corrected chi connectivity index (χ3v) is 3.53. The van der Waals surface area contributed by atoms with Gasteiger partial charge in [-0.05, 0) is 18.2 Å². The van der Waals surface area contributed by atoms with Crippen molar-refractivity contribution in [2.45, 2.75) is 6.04 Å². The van der Waals surface area contributed by atoms with Crippen LogP contribution in [-0.4, -0.2) is 62.7 Å². The number of benzene rings is 1. The largest absolute Gasteiger partial charge is 0.480 e. The van der Waals surface area contributed by atoms with Gasteiger partial charge >= 0.3 is 5.97 Å². The predicted molar refractivity (Wildman–Crippen MR) is 71.8 cm³/mol. The van der Waals surface area contributed by atoms with Gasteiger partial charge in [-0.15, -0.1) is 5.10 Å². The Morgan fingerprint density at radius 2 is 2.24 bits per heavy atom. The highest BCUT2D eigenvalue weighted by molar-refractivity contribution is 5.99. The molecule has 2 heterocycles. The van der Waals surface area contributed by atoms with Crippen LogP contribution in [0.15, 0.2) is 18.2 Å². The van der Waals surface area contributed by atoms with Crippen molar-refractivity contribution in [1.29, 1.82) is 0 Å². The van der Waals surface area contributed by atoms with E-state index in [0.29, 0.717) is 17.7 Å². The fraction of sp³-hybridized carbons (Fsp3) is 0.385. The van der Waals surface area contributed by atoms with E-state index in [2.05, 4.69) is 10.3 Å². The van der Waals surface area contributed by atoms with Crippen molar-refractivity contribution < 1.29 is 19.4 Å². The summed E-state index contributed by atoms with van der Waals surface area (Å²) in [5.74, 6) is -1.40. The number of nitrogens with zero attached hydrogens (tertiary/aromatic N) is 4. The van der Waals surface area contributed by atoms with E-state index < -0.39 is 12.0 Å². The lowest BCUT2D eigenvalue weighted by Gasteiger charge is -2.32. The minimum absolute atomic E-state index is 0.00839. The summed E-state index contributed by atoms with van der Waals surface area (Å²) in [6.45, 7) is 0.603. The molecule has 1 aromatic carbocycles. The normalized spacial score (nSPS) is 18.9. The first-order chi connectivity index (χ1) is 10.1. The number of fused-ring (bicyclic) bond motifs is 1. The van der Waals surface area contributed by atoms with Gasteiger partial charge in [0.25, 0.3) is 5.91 Å². The van der Waals surface area contributed by atoms with Crippen LogP contribution in [-0.2, 0) is 16.6 Å². The van der Waals surface area contributed by atoms with Gasteiger partial charge in [0.05, 0.1) is 18.7 Å². The molecule has 0 unspecified atom stereocenters. The van der Waals surface area contributed by atoms with Gasteiger partial charge in [-0.3, -0.25) is 4.79 Å². The van der Waals surface area contributed by atoms with Gasteiger partial charge in [0.15, 0.2) is 6.04 Å². The van der Waals surface area contributed by atoms with E-state index in [4.69, 9.17) is 4.74 Å². The Labute approximate surface area is 119 Å². The molecule has 21 heavy (non-hydrogen) atoms. The zero-order chi connectivity index (χ0) is 15.0. The molecule has 0 saturated carbocycles. The molecule has 1 aliphatic rings. The van der Waals surface area contributed by atoms with Crippen LogP contribution in [0, 0.1) is 0 Å². The molecule has 1 N–H and O–H groups in total. The summed E-state index contributed by atoms with van der Waals surface area (Å²) < 4.78 is 6.74. The van der Waals surface area contributed by atoms with Crippen molar-refractivity contribution in [3.05, 3.63) is 23.8 Å². The van der Waals surface area contributed by atoms with E-state index in [0.717, 1.165) is 5.52 Å². The lowest BCUT2D eigenvalue weighted by atomic mass is 10.1. The molecule has 1 amide bonds. The minimum atomic E-state index is -1.07. The first-order valence-corrected chi connectivity index (χ1v) is 6.49. The number of ether oxygens (including phenoxy) is 1. The Morgan fingerprint density at radius 1 is 1.43 bits per heavy atom. The number of morpholine rings is 1. The molecule has 110 valence electrons. The number of rotatable bonds is 2. The van der Waals surface area contributed by atoms with Crippen LogP contribution in [0.1, 0.15) is 10.4 Å². The Hall–Kier alpha value is -2.48. The highest BCUT2D eigenvalue weighted by Gasteiger charge is 2.33. The number of carboxylic acid groups (broad SMARTS) is 1. The summed E-state index contributed by atoms with van der Waals surface area (Å²) in [5, 5.41) is 17.0. The quantitative estimate of drug-likeness (QED) is 0.829. The van der Waals surface area contributed by atoms with Crippen molar-refractivity contribution >= 4 is 22.9 Å². The van der Waals surface area contributed by atoms with Crippen LogP contribution in [0.2, 0.25) is 0 Å². The second kappa shape index (κ2) is 5.13. The number of carbonyl (C=O) groups is 2. The maximum atomic E-state index is 12.5. The molecular formula is C13H14N4O4. The van der Waals surface area contributed by atoms with Crippen molar-refractivity contribution in [2.75, 3.05) is 19.8 Å². The predicted octanol–water partition coefficient (Wildman–Crippen LogP) is -0.106. The van der Waals surface area contributed by atoms with Crippen LogP contribution in [0.5, 0.6) is 0 Å². The zero-order valence-electron chi connectivity index (χ0n) is 11.4. The summed E-state index contributed by atoms with van der Waals surface area (Å²) >= 11 is 0. The van der Waals surface area contributed by atoms with Crippen LogP contribution >= 0.6 is 0 Å². The molecule has 0 aliphatic carbocycles. The smallest absolute Gasteiger partial charge is 0.328 e. The fourth-order valence-electron chi connectivity index (χ4n) is 2.39. The average Bonchev–Trinajstić information content (AvgIpc) is 2.87. The van der Waals surface area contributed by atoms with Gasteiger partial charge in [-0.2, -0.15) is 0 Å². The minimum Gasteiger partial charge on any atom is -0.480 e. The number of hydrogen-bond acceptors (Lipinski definition) is 5. The molecule has 1 saturated heterocycles. The summed E-state index contributed by atoms with van der Waals surface area (Å²) in [7, 11) is 1.76. The van der Waals surface area contributed by atoms with E-state index >= 15 is 0 Å². The molecule has 2 aromatic rings. The van der Waals surface area contributed by atoms with Crippen molar-refractivity contribution in [2.24, 2.45) is 7.05 Å². The standard InChI is InChI=1S/C13H14N4O4/c1-16-10-3-2-8(6-9(10)14-15-16)12(18)17-4-5-21-7-11(17)13(19)20/h2-3,6,11H,4-5,7H2,1H3,(H,19,20)/t11-/m0/s1. The molecule has 1 aliphatic heterocycles. The Balaban J connectivity index is 1.93. The first kappa shape index (κ1) is 13.5. The van der Waals surface area contributed by atoms with Gasteiger partial charge in [0, 0.05) is 19.2 Å². The van der Waals surface area contributed by atoms with E-state index in [9.17, 15) is 14.7 Å². The van der Waals surface area contributed by atoms with Gasteiger partial charge in [0.2, 0.25) is 0 Å². The fourth-order valence-corrected chi connectivity index (χ4v) is 2.39. The third kappa shape index (κ3) is 2.33. The van der Waals surface area contributed by atoms with Crippen LogP contribution in [0.25, 0.3) is 11.0 Å². The first-order valence-electron chi connectivity index (χ1n) is 6.49. The number of aliphatic carboxylic acids is 1. The summed E-state index contributed by atoms with van der Waals surface area (Å²) in [6.07, 6.45) is 0. The average molecular weight is 290 g/mol. The molecular weight excluding hydrogens is 276 g/mol. The van der Waals surface area contributed by atoms with Gasteiger partial charge in [0.1, 0.15) is 5.52 Å². The Morgan fingerprint density at radius 3 is 3.00 bits per heavy atom. The zero-order valence-corrected chi connectivity index (χ0v) is 11.4. The topological polar surface area (TPSA) is 97.5 Å². The van der Waals surface area contributed by atoms with Gasteiger partial charge in [-0.25, -0.2) is 9.48 Å². The summed E-state index contributed by atoms with van der Waals surface area (Å²) in [5.41, 5.74) is 1.81. The molecule has 0 radical (unpaired) electrons.